The molecule has 1 aliphatic rings. The van der Waals surface area contributed by atoms with Crippen LogP contribution in [0.15, 0.2) is 17.2 Å². The quantitative estimate of drug-likeness (QED) is 0.409. The van der Waals surface area contributed by atoms with Crippen LogP contribution in [0.4, 0.5) is 13.2 Å². The van der Waals surface area contributed by atoms with Crippen LogP contribution in [0.3, 0.4) is 0 Å². The number of carbonyl (C=O) groups excluding carboxylic acids is 1. The molecule has 0 amide bonds. The molecule has 0 saturated carbocycles. The molecule has 2 rings (SSSR count). The van der Waals surface area contributed by atoms with Gasteiger partial charge in [0, 0.05) is 0 Å². The Hall–Kier alpha value is -2.14. The maximum atomic E-state index is 13.1. The standard InChI is InChI=1S/C17H16F3IN4O/c1-4-21(13-5-10(2)11(8-22)6-12(13)9-23)15(26)16(3)7-14(24-25-16)17(18,19)20/h5-6,25H,4,7H2,1-3H3. The van der Waals surface area contributed by atoms with E-state index in [0.29, 0.717) is 19.1 Å². The Morgan fingerprint density at radius 3 is 2.42 bits per heavy atom. The van der Waals surface area contributed by atoms with Gasteiger partial charge in [-0.05, 0) is 0 Å². The van der Waals surface area contributed by atoms with E-state index < -0.39 is 43.7 Å². The first-order valence-corrected chi connectivity index (χ1v) is 11.3. The van der Waals surface area contributed by atoms with E-state index in [1.54, 1.807) is 19.9 Å². The third-order valence-corrected chi connectivity index (χ3v) is 10.2. The van der Waals surface area contributed by atoms with Crippen LogP contribution in [-0.2, 0) is 4.79 Å². The second-order valence-corrected chi connectivity index (χ2v) is 11.7. The molecule has 5 nitrogen and oxygen atoms in total. The molecular formula is C17H16F3IN4O. The first-order chi connectivity index (χ1) is 12.1. The van der Waals surface area contributed by atoms with Gasteiger partial charge in [-0.25, -0.2) is 0 Å². The SMILES string of the molecule is CCI(C(=O)C1(C)CC(C(F)(F)F)=NN1)c1cc(C)c(C#N)cc1C#N. The number of alkyl halides is 4. The minimum atomic E-state index is -4.58. The van der Waals surface area contributed by atoms with E-state index in [-0.39, 0.29) is 9.35 Å². The van der Waals surface area contributed by atoms with Crippen LogP contribution >= 0.6 is 19.8 Å². The number of rotatable bonds is 4. The van der Waals surface area contributed by atoms with Gasteiger partial charge in [0.1, 0.15) is 0 Å². The van der Waals surface area contributed by atoms with Gasteiger partial charge in [-0.1, -0.05) is 0 Å². The number of aryl methyl sites for hydroxylation is 1. The van der Waals surface area contributed by atoms with Crippen molar-refractivity contribution in [3.8, 4) is 12.1 Å². The summed E-state index contributed by atoms with van der Waals surface area (Å²) in [5, 5.41) is 21.8. The summed E-state index contributed by atoms with van der Waals surface area (Å²) in [5.74, 6) is 0. The molecule has 1 unspecified atom stereocenters. The van der Waals surface area contributed by atoms with Crippen LogP contribution in [0.1, 0.15) is 37.0 Å². The van der Waals surface area contributed by atoms with Crippen molar-refractivity contribution in [2.45, 2.75) is 38.9 Å². The molecule has 138 valence electrons. The normalized spacial score (nSPS) is 19.8. The van der Waals surface area contributed by atoms with E-state index in [0.717, 1.165) is 0 Å². The number of halogens is 4. The molecule has 9 heteroatoms. The van der Waals surface area contributed by atoms with Gasteiger partial charge in [0.05, 0.1) is 0 Å². The van der Waals surface area contributed by atoms with Crippen molar-refractivity contribution in [3.05, 3.63) is 32.4 Å². The van der Waals surface area contributed by atoms with E-state index in [2.05, 4.69) is 10.5 Å². The molecule has 1 atom stereocenters. The predicted octanol–water partition coefficient (Wildman–Crippen LogP) is 3.63. The van der Waals surface area contributed by atoms with Gasteiger partial charge < -0.3 is 0 Å². The zero-order valence-electron chi connectivity index (χ0n) is 14.3. The van der Waals surface area contributed by atoms with Gasteiger partial charge in [0.15, 0.2) is 0 Å². The molecular weight excluding hydrogens is 460 g/mol. The molecule has 0 radical (unpaired) electrons. The summed E-state index contributed by atoms with van der Waals surface area (Å²) in [6.07, 6.45) is -5.11. The first kappa shape index (κ1) is 20.2. The molecule has 1 aliphatic heterocycles. The fourth-order valence-electron chi connectivity index (χ4n) is 2.56. The number of nitrogens with zero attached hydrogens (tertiary/aromatic N) is 3. The number of benzene rings is 1. The van der Waals surface area contributed by atoms with Crippen molar-refractivity contribution in [2.75, 3.05) is 4.43 Å². The van der Waals surface area contributed by atoms with Gasteiger partial charge in [-0.2, -0.15) is 0 Å². The number of nitriles is 2. The molecule has 1 aromatic rings. The number of nitrogens with one attached hydrogen (secondary N) is 1. The zero-order chi connectivity index (χ0) is 19.7. The number of hydrogen-bond acceptors (Lipinski definition) is 5. The van der Waals surface area contributed by atoms with Crippen LogP contribution in [-0.4, -0.2) is 25.6 Å². The van der Waals surface area contributed by atoms with Gasteiger partial charge >= 0.3 is 156 Å². The average Bonchev–Trinajstić information content (AvgIpc) is 2.99. The summed E-state index contributed by atoms with van der Waals surface area (Å²) in [7, 11) is 0. The molecule has 0 fully saturated rings. The van der Waals surface area contributed by atoms with Crippen LogP contribution in [0, 0.1) is 33.2 Å². The van der Waals surface area contributed by atoms with E-state index in [1.165, 1.54) is 13.0 Å². The minimum absolute atomic E-state index is 0.242. The molecule has 0 bridgehead atoms. The van der Waals surface area contributed by atoms with Crippen LogP contribution < -0.4 is 5.43 Å². The molecule has 0 spiro atoms. The fourth-order valence-corrected chi connectivity index (χ4v) is 8.17. The summed E-state index contributed by atoms with van der Waals surface area (Å²) in [4.78, 5) is 13.1. The summed E-state index contributed by atoms with van der Waals surface area (Å²) in [5.41, 5.74) is 1.16. The predicted molar refractivity (Wildman–Crippen MR) is 98.5 cm³/mol. The van der Waals surface area contributed by atoms with E-state index in [9.17, 15) is 23.2 Å². The molecule has 1 aromatic carbocycles. The van der Waals surface area contributed by atoms with Crippen LogP contribution in [0.2, 0.25) is 0 Å². The molecule has 0 aliphatic carbocycles. The van der Waals surface area contributed by atoms with Gasteiger partial charge in [-0.3, -0.25) is 0 Å². The fraction of sp³-hybridized carbons (Fsp3) is 0.412. The first-order valence-electron chi connectivity index (χ1n) is 7.63. The van der Waals surface area contributed by atoms with Crippen molar-refractivity contribution >= 4 is 29.3 Å². The van der Waals surface area contributed by atoms with Crippen molar-refractivity contribution < 1.29 is 18.0 Å². The third kappa shape index (κ3) is 3.68. The Kier molecular flexibility index (Phi) is 5.61. The summed E-state index contributed by atoms with van der Waals surface area (Å²) in [6, 6.07) is 7.11. The molecule has 0 saturated heterocycles. The summed E-state index contributed by atoms with van der Waals surface area (Å²) < 4.78 is 39.4. The van der Waals surface area contributed by atoms with Gasteiger partial charge in [-0.15, -0.1) is 0 Å². The zero-order valence-corrected chi connectivity index (χ0v) is 16.5. The van der Waals surface area contributed by atoms with Crippen molar-refractivity contribution in [3.63, 3.8) is 0 Å². The number of carbonyl (C=O) groups is 1. The van der Waals surface area contributed by atoms with Gasteiger partial charge in [0.2, 0.25) is 0 Å². The van der Waals surface area contributed by atoms with E-state index in [1.807, 2.05) is 12.1 Å². The Morgan fingerprint density at radius 1 is 1.35 bits per heavy atom. The second kappa shape index (κ2) is 7.23. The monoisotopic (exact) mass is 476 g/mol. The topological polar surface area (TPSA) is 89.0 Å². The number of hydrogen-bond donors (Lipinski definition) is 1. The summed E-state index contributed by atoms with van der Waals surface area (Å²) in [6.45, 7) is 4.92. The molecule has 26 heavy (non-hydrogen) atoms. The number of hydrazone groups is 1. The Labute approximate surface area is 156 Å². The van der Waals surface area contributed by atoms with Crippen molar-refractivity contribution in [1.29, 1.82) is 10.5 Å². The van der Waals surface area contributed by atoms with E-state index >= 15 is 0 Å². The Balaban J connectivity index is 2.42. The molecule has 0 aromatic heterocycles. The molecule has 1 heterocycles. The van der Waals surface area contributed by atoms with Crippen LogP contribution in [0.5, 0.6) is 0 Å². The van der Waals surface area contributed by atoms with E-state index in [4.69, 9.17) is 5.26 Å². The van der Waals surface area contributed by atoms with Crippen molar-refractivity contribution in [1.82, 2.24) is 5.43 Å². The molecule has 1 N–H and O–H groups in total. The second-order valence-electron chi connectivity index (χ2n) is 5.95. The Bertz CT molecular complexity index is 866. The average molecular weight is 476 g/mol. The van der Waals surface area contributed by atoms with Crippen LogP contribution in [0.25, 0.3) is 0 Å². The maximum absolute atomic E-state index is 13.1. The van der Waals surface area contributed by atoms with Crippen molar-refractivity contribution in [2.24, 2.45) is 5.10 Å². The van der Waals surface area contributed by atoms with Gasteiger partial charge in [0.25, 0.3) is 0 Å². The Morgan fingerprint density at radius 2 is 1.96 bits per heavy atom. The third-order valence-electron chi connectivity index (χ3n) is 3.99. The summed E-state index contributed by atoms with van der Waals surface area (Å²) >= 11 is -2.67.